The van der Waals surface area contributed by atoms with Crippen LogP contribution in [0.15, 0.2) is 53.6 Å². The lowest BCUT2D eigenvalue weighted by Gasteiger charge is -2.21. The number of nitrogens with one attached hydrogen (secondary N) is 1. The largest absolute Gasteiger partial charge is 0.595 e. The number of rotatable bonds is 2. The molecule has 0 amide bonds. The first kappa shape index (κ1) is 16.2. The van der Waals surface area contributed by atoms with Crippen LogP contribution in [-0.2, 0) is 17.7 Å². The summed E-state index contributed by atoms with van der Waals surface area (Å²) in [7, 11) is 1.43. The van der Waals surface area contributed by atoms with Crippen molar-refractivity contribution < 1.29 is 10.1 Å². The number of quaternary nitrogens is 1. The number of fused-ring (bicyclic) bond motifs is 1. The molecule has 1 unspecified atom stereocenters. The van der Waals surface area contributed by atoms with Crippen molar-refractivity contribution in [2.24, 2.45) is 5.41 Å². The monoisotopic (exact) mass is 311 g/mol. The van der Waals surface area contributed by atoms with E-state index in [2.05, 4.69) is 44.2 Å². The van der Waals surface area contributed by atoms with Crippen LogP contribution < -0.4 is 5.23 Å². The molecule has 0 aliphatic heterocycles. The molecule has 2 aliphatic rings. The summed E-state index contributed by atoms with van der Waals surface area (Å²) in [6, 6.07) is 5.98. The van der Waals surface area contributed by atoms with Gasteiger partial charge in [0.05, 0.1) is 7.11 Å². The lowest BCUT2D eigenvalue weighted by Crippen LogP contribution is -3.00. The minimum absolute atomic E-state index is 0.117. The number of hydrogen-bond acceptors (Lipinski definition) is 2. The highest BCUT2D eigenvalue weighted by Gasteiger charge is 2.18. The SMILES string of the molecule is CO[NH+]([O-])c1ccc2c(c1)CCC1=C(C=CC(C)(C)C=C1)CC2. The Morgan fingerprint density at radius 3 is 2.17 bits per heavy atom. The second kappa shape index (κ2) is 6.44. The van der Waals surface area contributed by atoms with Crippen molar-refractivity contribution in [3.63, 3.8) is 0 Å². The van der Waals surface area contributed by atoms with Crippen molar-refractivity contribution in [3.05, 3.63) is 70.0 Å². The third kappa shape index (κ3) is 3.63. The van der Waals surface area contributed by atoms with E-state index in [-0.39, 0.29) is 10.6 Å². The highest BCUT2D eigenvalue weighted by atomic mass is 16.9. The van der Waals surface area contributed by atoms with Crippen LogP contribution in [0.1, 0.15) is 37.8 Å². The number of hydrogen-bond donors (Lipinski definition) is 1. The van der Waals surface area contributed by atoms with Gasteiger partial charge in [-0.1, -0.05) is 44.2 Å². The van der Waals surface area contributed by atoms with Crippen molar-refractivity contribution >= 4 is 5.69 Å². The van der Waals surface area contributed by atoms with E-state index in [1.165, 1.54) is 29.4 Å². The van der Waals surface area contributed by atoms with Crippen LogP contribution >= 0.6 is 0 Å². The molecule has 1 N–H and O–H groups in total. The first-order chi connectivity index (χ1) is 11.0. The molecule has 0 saturated carbocycles. The molecule has 122 valence electrons. The van der Waals surface area contributed by atoms with E-state index in [4.69, 9.17) is 4.84 Å². The van der Waals surface area contributed by atoms with Gasteiger partial charge in [0.2, 0.25) is 0 Å². The fourth-order valence-corrected chi connectivity index (χ4v) is 3.27. The average Bonchev–Trinajstić information content (AvgIpc) is 2.66. The molecule has 0 fully saturated rings. The topological polar surface area (TPSA) is 36.7 Å². The Hall–Kier alpha value is -1.68. The van der Waals surface area contributed by atoms with Crippen LogP contribution in [-0.4, -0.2) is 7.11 Å². The molecule has 1 atom stereocenters. The highest BCUT2D eigenvalue weighted by Crippen LogP contribution is 2.32. The zero-order valence-electron chi connectivity index (χ0n) is 14.2. The Balaban J connectivity index is 1.88. The standard InChI is InChI=1S/C20H25NO2/c1-20(2)12-10-16-5-4-15-8-9-19(21(22)23-3)14-18(15)7-6-17(16)11-13-20/h8-14,21H,4-7H2,1-3H3. The molecule has 3 rings (SSSR count). The van der Waals surface area contributed by atoms with E-state index in [0.717, 1.165) is 25.7 Å². The summed E-state index contributed by atoms with van der Waals surface area (Å²) >= 11 is 0. The van der Waals surface area contributed by atoms with Gasteiger partial charge in [-0.15, -0.1) is 0 Å². The molecule has 0 bridgehead atoms. The first-order valence-corrected chi connectivity index (χ1v) is 8.29. The number of benzene rings is 1. The van der Waals surface area contributed by atoms with E-state index in [1.54, 1.807) is 0 Å². The summed E-state index contributed by atoms with van der Waals surface area (Å²) in [5.41, 5.74) is 6.28. The molecule has 23 heavy (non-hydrogen) atoms. The molecule has 2 aliphatic carbocycles. The van der Waals surface area contributed by atoms with Crippen molar-refractivity contribution in [1.29, 1.82) is 0 Å². The number of allylic oxidation sites excluding steroid dienone is 6. The van der Waals surface area contributed by atoms with Crippen LogP contribution in [0.25, 0.3) is 0 Å². The van der Waals surface area contributed by atoms with E-state index in [1.807, 2.05) is 12.1 Å². The van der Waals surface area contributed by atoms with Crippen molar-refractivity contribution in [2.45, 2.75) is 39.5 Å². The minimum atomic E-state index is -0.256. The van der Waals surface area contributed by atoms with Crippen LogP contribution in [0.4, 0.5) is 5.69 Å². The van der Waals surface area contributed by atoms with Gasteiger partial charge in [-0.25, -0.2) is 4.84 Å². The van der Waals surface area contributed by atoms with Crippen LogP contribution in [0.2, 0.25) is 0 Å². The molecule has 3 nitrogen and oxygen atoms in total. The van der Waals surface area contributed by atoms with Gasteiger partial charge in [-0.3, -0.25) is 0 Å². The number of aryl methyl sites for hydroxylation is 2. The van der Waals surface area contributed by atoms with Gasteiger partial charge in [0.25, 0.3) is 0 Å². The molecule has 0 aromatic heterocycles. The molecule has 0 radical (unpaired) electrons. The van der Waals surface area contributed by atoms with Crippen LogP contribution in [0, 0.1) is 10.6 Å². The summed E-state index contributed by atoms with van der Waals surface area (Å²) < 4.78 is 0. The Bertz CT molecular complexity index is 683. The van der Waals surface area contributed by atoms with Gasteiger partial charge in [0.15, 0.2) is 5.69 Å². The maximum Gasteiger partial charge on any atom is 0.164 e. The van der Waals surface area contributed by atoms with Crippen molar-refractivity contribution in [3.8, 4) is 0 Å². The Kier molecular flexibility index (Phi) is 4.53. The quantitative estimate of drug-likeness (QED) is 0.847. The second-order valence-corrected chi connectivity index (χ2v) is 7.01. The molecule has 0 saturated heterocycles. The smallest absolute Gasteiger partial charge is 0.164 e. The second-order valence-electron chi connectivity index (χ2n) is 7.01. The van der Waals surface area contributed by atoms with Gasteiger partial charge in [-0.05, 0) is 48.0 Å². The summed E-state index contributed by atoms with van der Waals surface area (Å²) in [5, 5.41) is 11.5. The summed E-state index contributed by atoms with van der Waals surface area (Å²) in [4.78, 5) is 4.84. The summed E-state index contributed by atoms with van der Waals surface area (Å²) in [6.07, 6.45) is 13.3. The first-order valence-electron chi connectivity index (χ1n) is 8.29. The molecule has 3 heteroatoms. The molecule has 0 heterocycles. The Labute approximate surface area is 138 Å². The molecular weight excluding hydrogens is 286 g/mol. The Morgan fingerprint density at radius 2 is 1.57 bits per heavy atom. The van der Waals surface area contributed by atoms with Crippen LogP contribution in [0.5, 0.6) is 0 Å². The third-order valence-electron chi connectivity index (χ3n) is 4.80. The van der Waals surface area contributed by atoms with Gasteiger partial charge in [0.1, 0.15) is 0 Å². The fourth-order valence-electron chi connectivity index (χ4n) is 3.27. The van der Waals surface area contributed by atoms with E-state index >= 15 is 0 Å². The normalized spacial score (nSPS) is 21.0. The average molecular weight is 311 g/mol. The lowest BCUT2D eigenvalue weighted by atomic mass is 9.89. The lowest BCUT2D eigenvalue weighted by molar-refractivity contribution is -0.992. The fraction of sp³-hybridized carbons (Fsp3) is 0.400. The predicted molar refractivity (Wildman–Crippen MR) is 93.2 cm³/mol. The molecule has 0 spiro atoms. The highest BCUT2D eigenvalue weighted by molar-refractivity contribution is 5.45. The molecular formula is C20H25NO2. The van der Waals surface area contributed by atoms with E-state index in [0.29, 0.717) is 5.69 Å². The maximum absolute atomic E-state index is 11.7. The third-order valence-corrected chi connectivity index (χ3v) is 4.80. The molecule has 1 aromatic rings. The summed E-state index contributed by atoms with van der Waals surface area (Å²) in [6.45, 7) is 4.47. The summed E-state index contributed by atoms with van der Waals surface area (Å²) in [5.74, 6) is 0. The van der Waals surface area contributed by atoms with Crippen LogP contribution in [0.3, 0.4) is 0 Å². The Morgan fingerprint density at radius 1 is 0.957 bits per heavy atom. The zero-order valence-corrected chi connectivity index (χ0v) is 14.2. The molecule has 1 aromatic carbocycles. The van der Waals surface area contributed by atoms with Gasteiger partial charge in [0, 0.05) is 17.5 Å². The van der Waals surface area contributed by atoms with Gasteiger partial charge >= 0.3 is 0 Å². The van der Waals surface area contributed by atoms with Gasteiger partial charge < -0.3 is 5.21 Å². The van der Waals surface area contributed by atoms with Gasteiger partial charge in [-0.2, -0.15) is 5.23 Å². The van der Waals surface area contributed by atoms with Crippen molar-refractivity contribution in [1.82, 2.24) is 0 Å². The minimum Gasteiger partial charge on any atom is -0.595 e. The maximum atomic E-state index is 11.7. The predicted octanol–water partition coefficient (Wildman–Crippen LogP) is 3.59. The van der Waals surface area contributed by atoms with Crippen molar-refractivity contribution in [2.75, 3.05) is 7.11 Å². The van der Waals surface area contributed by atoms with E-state index in [9.17, 15) is 5.21 Å². The van der Waals surface area contributed by atoms with E-state index < -0.39 is 0 Å². The zero-order chi connectivity index (χ0) is 16.4.